The van der Waals surface area contributed by atoms with E-state index in [1.165, 1.54) is 6.20 Å². The van der Waals surface area contributed by atoms with Gasteiger partial charge >= 0.3 is 0 Å². The molecule has 22 heavy (non-hydrogen) atoms. The van der Waals surface area contributed by atoms with Crippen molar-refractivity contribution in [3.8, 4) is 0 Å². The first-order valence-electron chi connectivity index (χ1n) is 7.41. The zero-order valence-corrected chi connectivity index (χ0v) is 13.0. The highest BCUT2D eigenvalue weighted by Gasteiger charge is 2.31. The van der Waals surface area contributed by atoms with Crippen LogP contribution < -0.4 is 5.32 Å². The van der Waals surface area contributed by atoms with Gasteiger partial charge in [-0.3, -0.25) is 9.78 Å². The largest absolute Gasteiger partial charge is 0.393 e. The van der Waals surface area contributed by atoms with Crippen LogP contribution in [0.3, 0.4) is 0 Å². The molecule has 2 rings (SSSR count). The highest BCUT2D eigenvalue weighted by atomic mass is 16.3. The topological polar surface area (TPSA) is 62.2 Å². The van der Waals surface area contributed by atoms with Crippen LogP contribution in [-0.4, -0.2) is 28.6 Å². The number of nitrogens with zero attached hydrogens (tertiary/aromatic N) is 1. The average molecular weight is 298 g/mol. The van der Waals surface area contributed by atoms with Crippen LogP contribution in [0.15, 0.2) is 54.9 Å². The summed E-state index contributed by atoms with van der Waals surface area (Å²) in [5.41, 5.74) is 1.23. The van der Waals surface area contributed by atoms with Gasteiger partial charge in [-0.05, 0) is 31.0 Å². The molecule has 1 amide bonds. The summed E-state index contributed by atoms with van der Waals surface area (Å²) < 4.78 is 0. The van der Waals surface area contributed by atoms with Gasteiger partial charge in [-0.15, -0.1) is 0 Å². The molecule has 0 aliphatic heterocycles. The van der Waals surface area contributed by atoms with Crippen LogP contribution in [0.1, 0.15) is 29.8 Å². The lowest BCUT2D eigenvalue weighted by Gasteiger charge is -2.33. The second-order valence-corrected chi connectivity index (χ2v) is 5.92. The molecule has 0 saturated heterocycles. The minimum atomic E-state index is -0.540. The molecule has 0 unspecified atom stereocenters. The van der Waals surface area contributed by atoms with E-state index in [1.54, 1.807) is 25.3 Å². The molecule has 2 atom stereocenters. The number of amides is 1. The molecule has 1 aromatic heterocycles. The summed E-state index contributed by atoms with van der Waals surface area (Å²) in [6.45, 7) is 4.14. The molecule has 116 valence electrons. The number of hydrogen-bond donors (Lipinski definition) is 2. The van der Waals surface area contributed by atoms with Gasteiger partial charge in [-0.25, -0.2) is 0 Å². The van der Waals surface area contributed by atoms with E-state index in [0.29, 0.717) is 18.5 Å². The van der Waals surface area contributed by atoms with Gasteiger partial charge in [0.25, 0.3) is 5.91 Å². The normalized spacial score (nSPS) is 14.9. The van der Waals surface area contributed by atoms with Crippen molar-refractivity contribution in [3.63, 3.8) is 0 Å². The molecule has 0 radical (unpaired) electrons. The molecule has 4 nitrogen and oxygen atoms in total. The minimum absolute atomic E-state index is 0.173. The van der Waals surface area contributed by atoms with E-state index in [9.17, 15) is 9.90 Å². The molecule has 0 aliphatic carbocycles. The van der Waals surface area contributed by atoms with Crippen molar-refractivity contribution in [1.82, 2.24) is 10.3 Å². The second-order valence-electron chi connectivity index (χ2n) is 5.92. The van der Waals surface area contributed by atoms with Crippen LogP contribution in [0, 0.1) is 5.41 Å². The Morgan fingerprint density at radius 2 is 2.00 bits per heavy atom. The number of aromatic nitrogens is 1. The number of rotatable bonds is 6. The maximum atomic E-state index is 12.1. The number of hydrogen-bond acceptors (Lipinski definition) is 3. The first-order valence-corrected chi connectivity index (χ1v) is 7.41. The van der Waals surface area contributed by atoms with Crippen LogP contribution in [0.25, 0.3) is 0 Å². The van der Waals surface area contributed by atoms with E-state index in [0.717, 1.165) is 5.56 Å². The van der Waals surface area contributed by atoms with Gasteiger partial charge in [-0.1, -0.05) is 37.3 Å². The number of carbonyl (C=O) groups excluding carboxylic acids is 1. The summed E-state index contributed by atoms with van der Waals surface area (Å²) in [6.07, 6.45) is 3.32. The van der Waals surface area contributed by atoms with Crippen LogP contribution in [0.4, 0.5) is 0 Å². The van der Waals surface area contributed by atoms with Gasteiger partial charge in [0.1, 0.15) is 0 Å². The predicted octanol–water partition coefficient (Wildman–Crippen LogP) is 2.44. The summed E-state index contributed by atoms with van der Waals surface area (Å²) in [7, 11) is 0. The molecule has 1 heterocycles. The number of pyridine rings is 1. The van der Waals surface area contributed by atoms with E-state index in [-0.39, 0.29) is 5.91 Å². The molecule has 0 spiro atoms. The molecular weight excluding hydrogens is 276 g/mol. The van der Waals surface area contributed by atoms with Crippen molar-refractivity contribution in [3.05, 3.63) is 66.0 Å². The van der Waals surface area contributed by atoms with Crippen LogP contribution in [0.5, 0.6) is 0 Å². The smallest absolute Gasteiger partial charge is 0.252 e. The fourth-order valence-electron chi connectivity index (χ4n) is 2.30. The van der Waals surface area contributed by atoms with Gasteiger partial charge in [-0.2, -0.15) is 0 Å². The van der Waals surface area contributed by atoms with Gasteiger partial charge in [0.05, 0.1) is 11.7 Å². The van der Waals surface area contributed by atoms with Gasteiger partial charge in [0.15, 0.2) is 0 Å². The number of aliphatic hydroxyl groups excluding tert-OH is 1. The van der Waals surface area contributed by atoms with E-state index >= 15 is 0 Å². The van der Waals surface area contributed by atoms with Crippen molar-refractivity contribution < 1.29 is 9.90 Å². The molecule has 0 saturated carbocycles. The molecule has 4 heteroatoms. The van der Waals surface area contributed by atoms with Gasteiger partial charge < -0.3 is 10.4 Å². The molecule has 2 N–H and O–H groups in total. The van der Waals surface area contributed by atoms with Gasteiger partial charge in [0.2, 0.25) is 0 Å². The SMILES string of the molecule is C[C@H](O)[C@@](C)(CNC(=O)c1cccnc1)Cc1ccccc1. The molecule has 1 aromatic carbocycles. The third-order valence-corrected chi connectivity index (χ3v) is 4.04. The molecule has 0 fully saturated rings. The molecular formula is C18H22N2O2. The van der Waals surface area contributed by atoms with E-state index < -0.39 is 11.5 Å². The fourth-order valence-corrected chi connectivity index (χ4v) is 2.30. The minimum Gasteiger partial charge on any atom is -0.393 e. The highest BCUT2D eigenvalue weighted by molar-refractivity contribution is 5.93. The van der Waals surface area contributed by atoms with Crippen molar-refractivity contribution >= 4 is 5.91 Å². The van der Waals surface area contributed by atoms with Crippen molar-refractivity contribution in [2.24, 2.45) is 5.41 Å². The third kappa shape index (κ3) is 4.15. The van der Waals surface area contributed by atoms with Crippen molar-refractivity contribution in [2.45, 2.75) is 26.4 Å². The zero-order chi connectivity index (χ0) is 16.0. The van der Waals surface area contributed by atoms with Gasteiger partial charge in [0, 0.05) is 24.4 Å². The van der Waals surface area contributed by atoms with Crippen molar-refractivity contribution in [1.29, 1.82) is 0 Å². The standard InChI is InChI=1S/C18H22N2O2/c1-14(21)18(2,11-15-7-4-3-5-8-15)13-20-17(22)16-9-6-10-19-12-16/h3-10,12,14,21H,11,13H2,1-2H3,(H,20,22)/t14-,18+/m0/s1. The maximum absolute atomic E-state index is 12.1. The lowest BCUT2D eigenvalue weighted by Crippen LogP contribution is -2.43. The predicted molar refractivity (Wildman–Crippen MR) is 86.5 cm³/mol. The van der Waals surface area contributed by atoms with E-state index in [1.807, 2.05) is 37.3 Å². The Kier molecular flexibility index (Phi) is 5.28. The Morgan fingerprint density at radius 3 is 2.59 bits per heavy atom. The monoisotopic (exact) mass is 298 g/mol. The Bertz CT molecular complexity index is 599. The number of benzene rings is 1. The lowest BCUT2D eigenvalue weighted by molar-refractivity contribution is 0.0500. The first-order chi connectivity index (χ1) is 10.5. The van der Waals surface area contributed by atoms with E-state index in [2.05, 4.69) is 10.3 Å². The highest BCUT2D eigenvalue weighted by Crippen LogP contribution is 2.26. The second kappa shape index (κ2) is 7.18. The van der Waals surface area contributed by atoms with E-state index in [4.69, 9.17) is 0 Å². The Balaban J connectivity index is 2.04. The summed E-state index contributed by atoms with van der Waals surface area (Å²) in [4.78, 5) is 16.1. The Morgan fingerprint density at radius 1 is 1.27 bits per heavy atom. The number of aliphatic hydroxyl groups is 1. The van der Waals surface area contributed by atoms with Crippen LogP contribution in [-0.2, 0) is 6.42 Å². The molecule has 2 aromatic rings. The Labute approximate surface area is 131 Å². The zero-order valence-electron chi connectivity index (χ0n) is 13.0. The molecule has 0 aliphatic rings. The number of nitrogens with one attached hydrogen (secondary N) is 1. The molecule has 0 bridgehead atoms. The number of carbonyl (C=O) groups is 1. The first kappa shape index (κ1) is 16.2. The third-order valence-electron chi connectivity index (χ3n) is 4.04. The average Bonchev–Trinajstić information content (AvgIpc) is 2.54. The summed E-state index contributed by atoms with van der Waals surface area (Å²) in [6, 6.07) is 13.4. The van der Waals surface area contributed by atoms with Crippen LogP contribution >= 0.6 is 0 Å². The lowest BCUT2D eigenvalue weighted by atomic mass is 9.79. The fraction of sp³-hybridized carbons (Fsp3) is 0.333. The van der Waals surface area contributed by atoms with Crippen LogP contribution in [0.2, 0.25) is 0 Å². The van der Waals surface area contributed by atoms with Crippen molar-refractivity contribution in [2.75, 3.05) is 6.54 Å². The quantitative estimate of drug-likeness (QED) is 0.861. The summed E-state index contributed by atoms with van der Waals surface area (Å²) in [5.74, 6) is -0.173. The Hall–Kier alpha value is -2.20. The summed E-state index contributed by atoms with van der Waals surface area (Å²) in [5, 5.41) is 13.1. The maximum Gasteiger partial charge on any atom is 0.252 e. The summed E-state index contributed by atoms with van der Waals surface area (Å²) >= 11 is 0.